The molecule has 1 aliphatic heterocycles. The molecule has 1 fully saturated rings. The second kappa shape index (κ2) is 7.79. The largest absolute Gasteiger partial charge is 0.495 e. The van der Waals surface area contributed by atoms with Crippen LogP contribution in [0.15, 0.2) is 49.1 Å². The van der Waals surface area contributed by atoms with Gasteiger partial charge in [0.2, 0.25) is 0 Å². The van der Waals surface area contributed by atoms with Crippen LogP contribution >= 0.6 is 0 Å². The summed E-state index contributed by atoms with van der Waals surface area (Å²) in [7, 11) is 1.68. The fraction of sp³-hybridized carbons (Fsp3) is 0.318. The van der Waals surface area contributed by atoms with Gasteiger partial charge in [-0.25, -0.2) is 14.5 Å². The highest BCUT2D eigenvalue weighted by molar-refractivity contribution is 5.68. The molecule has 0 radical (unpaired) electrons. The van der Waals surface area contributed by atoms with Gasteiger partial charge in [0.15, 0.2) is 11.5 Å². The van der Waals surface area contributed by atoms with Gasteiger partial charge in [-0.2, -0.15) is 5.10 Å². The number of aromatic nitrogens is 5. The van der Waals surface area contributed by atoms with E-state index >= 15 is 0 Å². The SMILES string of the molecule is COc1cc(Cc2nc3c(N4CCOCC4)cccn3n2)ccc1-n1cnc(C)c1. The Bertz CT molecular complexity index is 1180. The summed E-state index contributed by atoms with van der Waals surface area (Å²) >= 11 is 0. The van der Waals surface area contributed by atoms with Gasteiger partial charge in [-0.05, 0) is 36.8 Å². The molecule has 1 aromatic carbocycles. The molecule has 30 heavy (non-hydrogen) atoms. The zero-order valence-corrected chi connectivity index (χ0v) is 17.2. The van der Waals surface area contributed by atoms with Crippen molar-refractivity contribution in [2.45, 2.75) is 13.3 Å². The van der Waals surface area contributed by atoms with Crippen molar-refractivity contribution in [2.24, 2.45) is 0 Å². The van der Waals surface area contributed by atoms with Crippen LogP contribution in [0.4, 0.5) is 5.69 Å². The van der Waals surface area contributed by atoms with E-state index in [0.717, 1.165) is 66.2 Å². The first-order valence-corrected chi connectivity index (χ1v) is 10.1. The Hall–Kier alpha value is -3.39. The summed E-state index contributed by atoms with van der Waals surface area (Å²) in [5, 5.41) is 4.69. The predicted octanol–water partition coefficient (Wildman–Crippen LogP) is 2.66. The van der Waals surface area contributed by atoms with Crippen LogP contribution in [0.5, 0.6) is 5.75 Å². The standard InChI is InChI=1S/C22H24N6O2/c1-16-14-27(15-23-16)18-6-5-17(12-20(18)29-2)13-21-24-22-19(4-3-7-28(22)25-21)26-8-10-30-11-9-26/h3-7,12,14-15H,8-11,13H2,1-2H3. The summed E-state index contributed by atoms with van der Waals surface area (Å²) < 4.78 is 14.9. The summed E-state index contributed by atoms with van der Waals surface area (Å²) in [5.41, 5.74) is 5.00. The number of ether oxygens (including phenoxy) is 2. The molecule has 0 bridgehead atoms. The molecule has 4 heterocycles. The van der Waals surface area contributed by atoms with Crippen LogP contribution in [-0.4, -0.2) is 57.6 Å². The van der Waals surface area contributed by atoms with E-state index in [1.807, 2.05) is 46.6 Å². The first-order valence-electron chi connectivity index (χ1n) is 10.1. The van der Waals surface area contributed by atoms with Gasteiger partial charge in [0, 0.05) is 31.9 Å². The summed E-state index contributed by atoms with van der Waals surface area (Å²) in [6.45, 7) is 5.19. The first kappa shape index (κ1) is 18.6. The molecule has 0 saturated carbocycles. The number of anilines is 1. The fourth-order valence-corrected chi connectivity index (χ4v) is 3.84. The van der Waals surface area contributed by atoms with Crippen LogP contribution < -0.4 is 9.64 Å². The van der Waals surface area contributed by atoms with Crippen molar-refractivity contribution in [1.29, 1.82) is 0 Å². The van der Waals surface area contributed by atoms with Crippen LogP contribution in [0.2, 0.25) is 0 Å². The lowest BCUT2D eigenvalue weighted by Gasteiger charge is -2.28. The van der Waals surface area contributed by atoms with E-state index in [4.69, 9.17) is 19.6 Å². The minimum Gasteiger partial charge on any atom is -0.495 e. The Labute approximate surface area is 174 Å². The van der Waals surface area contributed by atoms with Crippen molar-refractivity contribution >= 4 is 11.3 Å². The first-order chi connectivity index (χ1) is 14.7. The third-order valence-electron chi connectivity index (χ3n) is 5.33. The Morgan fingerprint density at radius 3 is 2.77 bits per heavy atom. The molecule has 4 aromatic rings. The van der Waals surface area contributed by atoms with Crippen molar-refractivity contribution in [3.63, 3.8) is 0 Å². The highest BCUT2D eigenvalue weighted by atomic mass is 16.5. The smallest absolute Gasteiger partial charge is 0.178 e. The number of aryl methyl sites for hydroxylation is 1. The van der Waals surface area contributed by atoms with Gasteiger partial charge >= 0.3 is 0 Å². The number of hydrogen-bond donors (Lipinski definition) is 0. The number of hydrogen-bond acceptors (Lipinski definition) is 6. The maximum absolute atomic E-state index is 5.63. The molecule has 0 unspecified atom stereocenters. The number of fused-ring (bicyclic) bond motifs is 1. The third kappa shape index (κ3) is 3.50. The molecule has 1 saturated heterocycles. The monoisotopic (exact) mass is 404 g/mol. The molecule has 0 aliphatic carbocycles. The predicted molar refractivity (Wildman–Crippen MR) is 114 cm³/mol. The average molecular weight is 404 g/mol. The van der Waals surface area contributed by atoms with Crippen molar-refractivity contribution in [3.05, 3.63) is 66.1 Å². The van der Waals surface area contributed by atoms with Crippen molar-refractivity contribution in [1.82, 2.24) is 24.1 Å². The lowest BCUT2D eigenvalue weighted by molar-refractivity contribution is 0.123. The number of benzene rings is 1. The van der Waals surface area contributed by atoms with E-state index in [1.165, 1.54) is 0 Å². The van der Waals surface area contributed by atoms with Gasteiger partial charge in [0.1, 0.15) is 5.75 Å². The number of methoxy groups -OCH3 is 1. The quantitative estimate of drug-likeness (QED) is 0.509. The molecule has 5 rings (SSSR count). The molecule has 1 aliphatic rings. The molecule has 0 spiro atoms. The number of pyridine rings is 1. The molecule has 0 N–H and O–H groups in total. The normalized spacial score (nSPS) is 14.4. The van der Waals surface area contributed by atoms with Gasteiger partial charge in [0.25, 0.3) is 0 Å². The molecule has 0 atom stereocenters. The molecule has 8 nitrogen and oxygen atoms in total. The molecule has 3 aromatic heterocycles. The Kier molecular flexibility index (Phi) is 4.84. The van der Waals surface area contributed by atoms with Crippen LogP contribution in [0, 0.1) is 6.92 Å². The summed E-state index contributed by atoms with van der Waals surface area (Å²) in [5.74, 6) is 1.58. The number of imidazole rings is 1. The van der Waals surface area contributed by atoms with E-state index in [0.29, 0.717) is 6.42 Å². The maximum atomic E-state index is 5.63. The van der Waals surface area contributed by atoms with Gasteiger partial charge in [0.05, 0.1) is 43.7 Å². The van der Waals surface area contributed by atoms with E-state index < -0.39 is 0 Å². The zero-order valence-electron chi connectivity index (χ0n) is 17.2. The van der Waals surface area contributed by atoms with Gasteiger partial charge in [-0.3, -0.25) is 0 Å². The number of morpholine rings is 1. The fourth-order valence-electron chi connectivity index (χ4n) is 3.84. The Morgan fingerprint density at radius 1 is 1.13 bits per heavy atom. The van der Waals surface area contributed by atoms with E-state index in [1.54, 1.807) is 13.4 Å². The molecule has 0 amide bonds. The lowest BCUT2D eigenvalue weighted by atomic mass is 10.1. The maximum Gasteiger partial charge on any atom is 0.178 e. The molecular weight excluding hydrogens is 380 g/mol. The molecular formula is C22H24N6O2. The minimum absolute atomic E-state index is 0.629. The van der Waals surface area contributed by atoms with Crippen LogP contribution in [0.25, 0.3) is 11.3 Å². The second-order valence-corrected chi connectivity index (χ2v) is 7.39. The van der Waals surface area contributed by atoms with E-state index in [-0.39, 0.29) is 0 Å². The second-order valence-electron chi connectivity index (χ2n) is 7.39. The summed E-state index contributed by atoms with van der Waals surface area (Å²) in [6.07, 6.45) is 6.35. The van der Waals surface area contributed by atoms with E-state index in [9.17, 15) is 0 Å². The van der Waals surface area contributed by atoms with Crippen molar-refractivity contribution in [3.8, 4) is 11.4 Å². The molecule has 154 valence electrons. The van der Waals surface area contributed by atoms with Crippen molar-refractivity contribution < 1.29 is 9.47 Å². The lowest BCUT2D eigenvalue weighted by Crippen LogP contribution is -2.36. The summed E-state index contributed by atoms with van der Waals surface area (Å²) in [6, 6.07) is 10.3. The Morgan fingerprint density at radius 2 is 2.00 bits per heavy atom. The highest BCUT2D eigenvalue weighted by Gasteiger charge is 2.17. The Balaban J connectivity index is 1.44. The average Bonchev–Trinajstić information content (AvgIpc) is 3.39. The topological polar surface area (TPSA) is 69.7 Å². The van der Waals surface area contributed by atoms with Crippen molar-refractivity contribution in [2.75, 3.05) is 38.3 Å². The van der Waals surface area contributed by atoms with Gasteiger partial charge in [-0.15, -0.1) is 0 Å². The molecule has 8 heteroatoms. The van der Waals surface area contributed by atoms with Gasteiger partial charge in [-0.1, -0.05) is 6.07 Å². The highest BCUT2D eigenvalue weighted by Crippen LogP contribution is 2.26. The van der Waals surface area contributed by atoms with E-state index in [2.05, 4.69) is 22.0 Å². The minimum atomic E-state index is 0.629. The summed E-state index contributed by atoms with van der Waals surface area (Å²) in [4.78, 5) is 11.4. The third-order valence-corrected chi connectivity index (χ3v) is 5.33. The van der Waals surface area contributed by atoms with Crippen LogP contribution in [0.1, 0.15) is 17.1 Å². The number of nitrogens with zero attached hydrogens (tertiary/aromatic N) is 6. The zero-order chi connectivity index (χ0) is 20.5. The number of rotatable bonds is 5. The van der Waals surface area contributed by atoms with Crippen LogP contribution in [-0.2, 0) is 11.2 Å². The van der Waals surface area contributed by atoms with Crippen LogP contribution in [0.3, 0.4) is 0 Å². The van der Waals surface area contributed by atoms with Gasteiger partial charge < -0.3 is 18.9 Å².